The number of halogens is 4. The van der Waals surface area contributed by atoms with Crippen molar-refractivity contribution in [2.75, 3.05) is 13.1 Å². The third-order valence-electron chi connectivity index (χ3n) is 3.60. The monoisotopic (exact) mass is 381 g/mol. The van der Waals surface area contributed by atoms with Gasteiger partial charge in [0.15, 0.2) is 0 Å². The highest BCUT2D eigenvalue weighted by molar-refractivity contribution is 9.10. The van der Waals surface area contributed by atoms with Crippen molar-refractivity contribution in [3.63, 3.8) is 0 Å². The van der Waals surface area contributed by atoms with Gasteiger partial charge in [-0.2, -0.15) is 0 Å². The molecule has 1 saturated heterocycles. The van der Waals surface area contributed by atoms with E-state index in [2.05, 4.69) is 26.0 Å². The van der Waals surface area contributed by atoms with E-state index in [-0.39, 0.29) is 18.1 Å². The number of rotatable bonds is 5. The molecule has 0 spiro atoms. The molecule has 1 fully saturated rings. The van der Waals surface area contributed by atoms with E-state index in [0.29, 0.717) is 16.6 Å². The van der Waals surface area contributed by atoms with Crippen LogP contribution in [0.4, 0.5) is 13.2 Å². The first-order chi connectivity index (χ1) is 10.2. The summed E-state index contributed by atoms with van der Waals surface area (Å²) in [6.07, 6.45) is -3.87. The van der Waals surface area contributed by atoms with Crippen LogP contribution in [0.5, 0.6) is 5.75 Å². The largest absolute Gasteiger partial charge is 0.573 e. The summed E-state index contributed by atoms with van der Waals surface area (Å²) in [7, 11) is 0. The van der Waals surface area contributed by atoms with Gasteiger partial charge in [-0.15, -0.1) is 13.2 Å². The number of aliphatic carboxylic acids is 1. The number of carboxylic acid groups (broad SMARTS) is 1. The first kappa shape index (κ1) is 17.1. The van der Waals surface area contributed by atoms with Crippen LogP contribution >= 0.6 is 15.9 Å². The Kier molecular flexibility index (Phi) is 5.33. The Morgan fingerprint density at radius 2 is 2.18 bits per heavy atom. The van der Waals surface area contributed by atoms with E-state index in [1.807, 2.05) is 0 Å². The molecule has 0 saturated carbocycles. The smallest absolute Gasteiger partial charge is 0.481 e. The molecule has 1 aromatic carbocycles. The summed E-state index contributed by atoms with van der Waals surface area (Å²) in [6, 6.07) is 4.04. The van der Waals surface area contributed by atoms with Crippen LogP contribution < -0.4 is 10.1 Å². The average Bonchev–Trinajstić information content (AvgIpc) is 2.86. The van der Waals surface area contributed by atoms with E-state index in [4.69, 9.17) is 0 Å². The minimum atomic E-state index is -4.78. The van der Waals surface area contributed by atoms with E-state index >= 15 is 0 Å². The normalized spacial score (nSPS) is 19.9. The fourth-order valence-corrected chi connectivity index (χ4v) is 3.18. The molecule has 0 aliphatic carbocycles. The SMILES string of the molecule is O=C(O)[C@@H](Cc1cc(Br)cc(OC(F)(F)F)c1)[C@H]1CCNC1. The predicted molar refractivity (Wildman–Crippen MR) is 76.6 cm³/mol. The van der Waals surface area contributed by atoms with Gasteiger partial charge in [-0.1, -0.05) is 15.9 Å². The molecule has 1 aliphatic heterocycles. The van der Waals surface area contributed by atoms with Gasteiger partial charge in [0.05, 0.1) is 5.92 Å². The molecule has 2 atom stereocenters. The first-order valence-electron chi connectivity index (χ1n) is 6.73. The van der Waals surface area contributed by atoms with Gasteiger partial charge in [0, 0.05) is 4.47 Å². The lowest BCUT2D eigenvalue weighted by Crippen LogP contribution is -2.27. The lowest BCUT2D eigenvalue weighted by Gasteiger charge is -2.19. The molecule has 2 N–H and O–H groups in total. The van der Waals surface area contributed by atoms with Crippen LogP contribution in [0.2, 0.25) is 0 Å². The molecule has 0 unspecified atom stereocenters. The minimum absolute atomic E-state index is 0.0246. The molecule has 0 aromatic heterocycles. The number of alkyl halides is 3. The van der Waals surface area contributed by atoms with Gasteiger partial charge in [0.1, 0.15) is 5.75 Å². The van der Waals surface area contributed by atoms with E-state index < -0.39 is 18.2 Å². The van der Waals surface area contributed by atoms with Crippen LogP contribution in [0.1, 0.15) is 12.0 Å². The molecule has 8 heteroatoms. The highest BCUT2D eigenvalue weighted by Gasteiger charge is 2.33. The Morgan fingerprint density at radius 1 is 1.45 bits per heavy atom. The van der Waals surface area contributed by atoms with Crippen molar-refractivity contribution in [3.05, 3.63) is 28.2 Å². The highest BCUT2D eigenvalue weighted by atomic mass is 79.9. The molecular formula is C14H15BrF3NO3. The van der Waals surface area contributed by atoms with E-state index in [0.717, 1.165) is 13.0 Å². The summed E-state index contributed by atoms with van der Waals surface area (Å²) in [6.45, 7) is 1.37. The number of ether oxygens (including phenoxy) is 1. The summed E-state index contributed by atoms with van der Waals surface area (Å²) in [5.41, 5.74) is 0.493. The van der Waals surface area contributed by atoms with Crippen LogP contribution in [-0.4, -0.2) is 30.5 Å². The molecular weight excluding hydrogens is 367 g/mol. The zero-order valence-corrected chi connectivity index (χ0v) is 13.1. The van der Waals surface area contributed by atoms with Crippen LogP contribution in [0.3, 0.4) is 0 Å². The molecule has 4 nitrogen and oxygen atoms in total. The fraction of sp³-hybridized carbons (Fsp3) is 0.500. The third kappa shape index (κ3) is 4.88. The molecule has 1 aromatic rings. The zero-order valence-electron chi connectivity index (χ0n) is 11.5. The van der Waals surface area contributed by atoms with E-state index in [9.17, 15) is 23.1 Å². The van der Waals surface area contributed by atoms with Gasteiger partial charge in [-0.25, -0.2) is 0 Å². The molecule has 0 amide bonds. The second-order valence-electron chi connectivity index (χ2n) is 5.24. The molecule has 1 heterocycles. The predicted octanol–water partition coefficient (Wildman–Crippen LogP) is 3.20. The van der Waals surface area contributed by atoms with Crippen molar-refractivity contribution < 1.29 is 27.8 Å². The van der Waals surface area contributed by atoms with Gasteiger partial charge in [0.25, 0.3) is 0 Å². The van der Waals surface area contributed by atoms with Gasteiger partial charge < -0.3 is 15.2 Å². The third-order valence-corrected chi connectivity index (χ3v) is 4.06. The number of hydrogen-bond acceptors (Lipinski definition) is 3. The fourth-order valence-electron chi connectivity index (χ4n) is 2.66. The maximum Gasteiger partial charge on any atom is 0.573 e. The van der Waals surface area contributed by atoms with Gasteiger partial charge >= 0.3 is 12.3 Å². The average molecular weight is 382 g/mol. The van der Waals surface area contributed by atoms with Gasteiger partial charge in [-0.05, 0) is 55.6 Å². The topological polar surface area (TPSA) is 58.6 Å². The Morgan fingerprint density at radius 3 is 2.73 bits per heavy atom. The quantitative estimate of drug-likeness (QED) is 0.822. The Balaban J connectivity index is 2.18. The Hall–Kier alpha value is -1.28. The second kappa shape index (κ2) is 6.87. The second-order valence-corrected chi connectivity index (χ2v) is 6.16. The van der Waals surface area contributed by atoms with Crippen molar-refractivity contribution in [2.45, 2.75) is 19.2 Å². The molecule has 0 radical (unpaired) electrons. The van der Waals surface area contributed by atoms with Crippen molar-refractivity contribution in [1.29, 1.82) is 0 Å². The maximum absolute atomic E-state index is 12.3. The number of benzene rings is 1. The summed E-state index contributed by atoms with van der Waals surface area (Å²) >= 11 is 3.12. The molecule has 22 heavy (non-hydrogen) atoms. The maximum atomic E-state index is 12.3. The molecule has 122 valence electrons. The lowest BCUT2D eigenvalue weighted by atomic mass is 9.86. The van der Waals surface area contributed by atoms with E-state index in [1.165, 1.54) is 12.1 Å². The first-order valence-corrected chi connectivity index (χ1v) is 7.52. The van der Waals surface area contributed by atoms with Crippen LogP contribution in [0, 0.1) is 11.8 Å². The molecule has 0 bridgehead atoms. The van der Waals surface area contributed by atoms with Crippen LogP contribution in [0.15, 0.2) is 22.7 Å². The Labute approximate surface area is 133 Å². The van der Waals surface area contributed by atoms with Crippen LogP contribution in [0.25, 0.3) is 0 Å². The number of hydrogen-bond donors (Lipinski definition) is 2. The number of nitrogens with one attached hydrogen (secondary N) is 1. The van der Waals surface area contributed by atoms with Crippen molar-refractivity contribution in [3.8, 4) is 5.75 Å². The van der Waals surface area contributed by atoms with Crippen LogP contribution in [-0.2, 0) is 11.2 Å². The zero-order chi connectivity index (χ0) is 16.3. The summed E-state index contributed by atoms with van der Waals surface area (Å²) in [5, 5.41) is 12.5. The molecule has 1 aliphatic rings. The Bertz CT molecular complexity index is 545. The summed E-state index contributed by atoms with van der Waals surface area (Å²) < 4.78 is 41.2. The van der Waals surface area contributed by atoms with Crippen molar-refractivity contribution in [2.24, 2.45) is 11.8 Å². The standard InChI is InChI=1S/C14H15BrF3NO3/c15-10-3-8(4-11(6-10)22-14(16,17)18)5-12(13(20)21)9-1-2-19-7-9/h3-4,6,9,12,19H,1-2,5,7H2,(H,20,21)/t9-,12-/m0/s1. The summed E-state index contributed by atoms with van der Waals surface area (Å²) in [5.74, 6) is -1.95. The minimum Gasteiger partial charge on any atom is -0.481 e. The highest BCUT2D eigenvalue weighted by Crippen LogP contribution is 2.30. The molecule has 2 rings (SSSR count). The van der Waals surface area contributed by atoms with Crippen molar-refractivity contribution in [1.82, 2.24) is 5.32 Å². The summed E-state index contributed by atoms with van der Waals surface area (Å²) in [4.78, 5) is 11.4. The number of carbonyl (C=O) groups is 1. The van der Waals surface area contributed by atoms with Gasteiger partial charge in [0.2, 0.25) is 0 Å². The van der Waals surface area contributed by atoms with Gasteiger partial charge in [-0.3, -0.25) is 4.79 Å². The lowest BCUT2D eigenvalue weighted by molar-refractivity contribution is -0.274. The van der Waals surface area contributed by atoms with Crippen molar-refractivity contribution >= 4 is 21.9 Å². The number of carboxylic acids is 1. The van der Waals surface area contributed by atoms with E-state index in [1.54, 1.807) is 6.07 Å².